The van der Waals surface area contributed by atoms with Gasteiger partial charge in [0.2, 0.25) is 5.91 Å². The molecule has 2 heteroatoms. The molecule has 0 aromatic rings. The van der Waals surface area contributed by atoms with Crippen LogP contribution in [0.1, 0.15) is 78.6 Å². The van der Waals surface area contributed by atoms with Crippen LogP contribution in [0.3, 0.4) is 0 Å². The minimum absolute atomic E-state index is 0.340. The summed E-state index contributed by atoms with van der Waals surface area (Å²) < 4.78 is 0. The van der Waals surface area contributed by atoms with Crippen molar-refractivity contribution in [1.82, 2.24) is 4.90 Å². The number of carbonyl (C=O) groups is 1. The highest BCUT2D eigenvalue weighted by Crippen LogP contribution is 2.62. The van der Waals surface area contributed by atoms with Gasteiger partial charge in [-0.1, -0.05) is 20.8 Å². The third-order valence-electron chi connectivity index (χ3n) is 9.65. The van der Waals surface area contributed by atoms with Gasteiger partial charge in [0.25, 0.3) is 0 Å². The first-order chi connectivity index (χ1) is 11.3. The Bertz CT molecular complexity index is 529. The highest BCUT2D eigenvalue weighted by atomic mass is 16.2. The van der Waals surface area contributed by atoms with Gasteiger partial charge in [-0.05, 0) is 91.3 Å². The molecule has 2 atom stereocenters. The number of likely N-dealkylation sites (tertiary alicyclic amines) is 1. The molecule has 0 N–H and O–H groups in total. The van der Waals surface area contributed by atoms with E-state index in [1.165, 1.54) is 51.4 Å². The van der Waals surface area contributed by atoms with Gasteiger partial charge in [-0.3, -0.25) is 4.79 Å². The number of amides is 1. The van der Waals surface area contributed by atoms with E-state index in [9.17, 15) is 4.79 Å². The minimum atomic E-state index is 0.340. The standard InChI is InChI=1S/C22H35NO/c1-20(2)18-4-5-21(20,3)14-23(13-18)19(24)12-22-9-15-6-16(10-22)8-17(7-15)11-22/h15-18H,4-14H2,1-3H3/t15?,16?,17?,18?,21-,22?/m1/s1. The zero-order chi connectivity index (χ0) is 16.7. The van der Waals surface area contributed by atoms with Crippen LogP contribution in [-0.2, 0) is 4.79 Å². The lowest BCUT2D eigenvalue weighted by Crippen LogP contribution is -2.55. The fourth-order valence-corrected chi connectivity index (χ4v) is 8.15. The topological polar surface area (TPSA) is 20.3 Å². The number of carbonyl (C=O) groups excluding carboxylic acids is 1. The predicted octanol–water partition coefficient (Wildman–Crippen LogP) is 4.88. The number of piperidine rings is 1. The molecule has 6 aliphatic rings. The second-order valence-corrected chi connectivity index (χ2v) is 11.4. The Hall–Kier alpha value is -0.530. The maximum absolute atomic E-state index is 13.3. The largest absolute Gasteiger partial charge is 0.342 e. The third kappa shape index (κ3) is 2.10. The second kappa shape index (κ2) is 4.80. The van der Waals surface area contributed by atoms with Crippen molar-refractivity contribution in [2.24, 2.45) is 39.9 Å². The second-order valence-electron chi connectivity index (χ2n) is 11.4. The van der Waals surface area contributed by atoms with Crippen LogP contribution in [0, 0.1) is 39.9 Å². The van der Waals surface area contributed by atoms with Crippen molar-refractivity contribution in [2.75, 3.05) is 13.1 Å². The quantitative estimate of drug-likeness (QED) is 0.707. The number of hydrogen-bond donors (Lipinski definition) is 0. The van der Waals surface area contributed by atoms with E-state index in [4.69, 9.17) is 0 Å². The average Bonchev–Trinajstić information content (AvgIpc) is 2.61. The molecule has 0 spiro atoms. The normalized spacial score (nSPS) is 51.2. The molecule has 24 heavy (non-hydrogen) atoms. The van der Waals surface area contributed by atoms with Gasteiger partial charge < -0.3 is 4.90 Å². The monoisotopic (exact) mass is 329 g/mol. The summed E-state index contributed by atoms with van der Waals surface area (Å²) in [5.74, 6) is 4.09. The van der Waals surface area contributed by atoms with Crippen LogP contribution in [0.4, 0.5) is 0 Å². The number of hydrogen-bond acceptors (Lipinski definition) is 1. The van der Waals surface area contributed by atoms with E-state index < -0.39 is 0 Å². The molecule has 1 amide bonds. The van der Waals surface area contributed by atoms with E-state index in [2.05, 4.69) is 25.7 Å². The Labute approximate surface area is 147 Å². The van der Waals surface area contributed by atoms with Gasteiger partial charge in [-0.25, -0.2) is 0 Å². The summed E-state index contributed by atoms with van der Waals surface area (Å²) in [5, 5.41) is 0. The Morgan fingerprint density at radius 3 is 2.12 bits per heavy atom. The fraction of sp³-hybridized carbons (Fsp3) is 0.955. The Morgan fingerprint density at radius 2 is 1.58 bits per heavy atom. The van der Waals surface area contributed by atoms with Gasteiger partial charge in [0.15, 0.2) is 0 Å². The summed E-state index contributed by atoms with van der Waals surface area (Å²) in [5.41, 5.74) is 1.15. The van der Waals surface area contributed by atoms with Gasteiger partial charge in [0, 0.05) is 19.5 Å². The zero-order valence-electron chi connectivity index (χ0n) is 15.9. The van der Waals surface area contributed by atoms with E-state index in [1.54, 1.807) is 0 Å². The summed E-state index contributed by atoms with van der Waals surface area (Å²) in [6.45, 7) is 9.39. The van der Waals surface area contributed by atoms with Crippen LogP contribution < -0.4 is 0 Å². The molecular formula is C22H35NO. The molecule has 0 radical (unpaired) electrons. The van der Waals surface area contributed by atoms with Crippen molar-refractivity contribution in [3.63, 3.8) is 0 Å². The van der Waals surface area contributed by atoms with Crippen LogP contribution >= 0.6 is 0 Å². The Morgan fingerprint density at radius 1 is 1.00 bits per heavy atom. The van der Waals surface area contributed by atoms with Gasteiger partial charge in [0.05, 0.1) is 0 Å². The molecule has 0 aromatic heterocycles. The maximum Gasteiger partial charge on any atom is 0.223 e. The highest BCUT2D eigenvalue weighted by molar-refractivity contribution is 5.77. The molecule has 1 aliphatic heterocycles. The minimum Gasteiger partial charge on any atom is -0.342 e. The molecule has 1 saturated heterocycles. The summed E-state index contributed by atoms with van der Waals surface area (Å²) in [4.78, 5) is 15.6. The van der Waals surface area contributed by atoms with E-state index in [0.29, 0.717) is 22.2 Å². The lowest BCUT2D eigenvalue weighted by molar-refractivity contribution is -0.147. The van der Waals surface area contributed by atoms with Gasteiger partial charge >= 0.3 is 0 Å². The van der Waals surface area contributed by atoms with E-state index in [1.807, 2.05) is 0 Å². The third-order valence-corrected chi connectivity index (χ3v) is 9.65. The van der Waals surface area contributed by atoms with Crippen LogP contribution in [0.15, 0.2) is 0 Å². The molecule has 6 fully saturated rings. The molecule has 6 rings (SSSR count). The van der Waals surface area contributed by atoms with E-state index in [-0.39, 0.29) is 0 Å². The molecule has 6 bridgehead atoms. The van der Waals surface area contributed by atoms with E-state index in [0.717, 1.165) is 43.2 Å². The fourth-order valence-electron chi connectivity index (χ4n) is 8.15. The average molecular weight is 330 g/mol. The molecule has 5 saturated carbocycles. The smallest absolute Gasteiger partial charge is 0.223 e. The molecule has 2 nitrogen and oxygen atoms in total. The van der Waals surface area contributed by atoms with Gasteiger partial charge in [0.1, 0.15) is 0 Å². The molecule has 134 valence electrons. The summed E-state index contributed by atoms with van der Waals surface area (Å²) >= 11 is 0. The Kier molecular flexibility index (Phi) is 3.14. The first-order valence-electron chi connectivity index (χ1n) is 10.6. The SMILES string of the molecule is CC1(C)C2CC[C@]1(C)CN(C(=O)CC13CC4CC(CC(C4)C1)C3)C2. The Balaban J connectivity index is 1.32. The summed E-state index contributed by atoms with van der Waals surface area (Å²) in [6.07, 6.45) is 12.0. The van der Waals surface area contributed by atoms with Crippen LogP contribution in [0.5, 0.6) is 0 Å². The van der Waals surface area contributed by atoms with Crippen LogP contribution in [0.2, 0.25) is 0 Å². The van der Waals surface area contributed by atoms with Crippen molar-refractivity contribution in [2.45, 2.75) is 78.6 Å². The van der Waals surface area contributed by atoms with Gasteiger partial charge in [-0.15, -0.1) is 0 Å². The lowest BCUT2D eigenvalue weighted by atomic mass is 9.49. The highest BCUT2D eigenvalue weighted by Gasteiger charge is 2.57. The van der Waals surface area contributed by atoms with Crippen molar-refractivity contribution in [1.29, 1.82) is 0 Å². The first kappa shape index (κ1) is 15.7. The van der Waals surface area contributed by atoms with Crippen molar-refractivity contribution in [3.05, 3.63) is 0 Å². The molecule has 1 heterocycles. The summed E-state index contributed by atoms with van der Waals surface area (Å²) in [6, 6.07) is 0. The van der Waals surface area contributed by atoms with Gasteiger partial charge in [-0.2, -0.15) is 0 Å². The van der Waals surface area contributed by atoms with Crippen molar-refractivity contribution >= 4 is 5.91 Å². The van der Waals surface area contributed by atoms with Crippen molar-refractivity contribution < 1.29 is 4.79 Å². The molecule has 5 aliphatic carbocycles. The molecule has 1 unspecified atom stereocenters. The van der Waals surface area contributed by atoms with Crippen LogP contribution in [0.25, 0.3) is 0 Å². The van der Waals surface area contributed by atoms with Crippen LogP contribution in [-0.4, -0.2) is 23.9 Å². The summed E-state index contributed by atoms with van der Waals surface area (Å²) in [7, 11) is 0. The number of rotatable bonds is 2. The number of nitrogens with zero attached hydrogens (tertiary/aromatic N) is 1. The predicted molar refractivity (Wildman–Crippen MR) is 96.4 cm³/mol. The molecular weight excluding hydrogens is 294 g/mol. The number of fused-ring (bicyclic) bond motifs is 2. The van der Waals surface area contributed by atoms with E-state index >= 15 is 0 Å². The lowest BCUT2D eigenvalue weighted by Gasteiger charge is -2.57. The van der Waals surface area contributed by atoms with Crippen molar-refractivity contribution in [3.8, 4) is 0 Å². The molecule has 0 aromatic carbocycles. The first-order valence-corrected chi connectivity index (χ1v) is 10.6. The maximum atomic E-state index is 13.3. The zero-order valence-corrected chi connectivity index (χ0v) is 15.9.